The molecule has 5 heteroatoms. The van der Waals surface area contributed by atoms with E-state index in [1.54, 1.807) is 20.3 Å². The Balaban J connectivity index is 2.53. The van der Waals surface area contributed by atoms with Crippen LogP contribution < -0.4 is 9.47 Å². The first kappa shape index (κ1) is 12.8. The van der Waals surface area contributed by atoms with E-state index in [2.05, 4.69) is 9.97 Å². The first-order valence-corrected chi connectivity index (χ1v) is 5.66. The Kier molecular flexibility index (Phi) is 3.62. The van der Waals surface area contributed by atoms with Crippen LogP contribution in [-0.2, 0) is 0 Å². The number of ether oxygens (including phenoxy) is 2. The monoisotopic (exact) mass is 255 g/mol. The average molecular weight is 255 g/mol. The Bertz CT molecular complexity index is 648. The molecule has 0 aliphatic carbocycles. The van der Waals surface area contributed by atoms with Gasteiger partial charge in [0.1, 0.15) is 6.07 Å². The predicted octanol–water partition coefficient (Wildman–Crippen LogP) is 2.34. The van der Waals surface area contributed by atoms with Gasteiger partial charge in [0.15, 0.2) is 11.5 Å². The second kappa shape index (κ2) is 5.36. The summed E-state index contributed by atoms with van der Waals surface area (Å²) in [6.07, 6.45) is 0. The van der Waals surface area contributed by atoms with Crippen LogP contribution in [0.2, 0.25) is 0 Å². The Morgan fingerprint density at radius 1 is 1.05 bits per heavy atom. The molecule has 1 aromatic carbocycles. The van der Waals surface area contributed by atoms with Crippen molar-refractivity contribution in [2.75, 3.05) is 14.2 Å². The Labute approximate surface area is 111 Å². The standard InChI is InChI=1S/C14H13N3O2/c1-9-6-11(17-14(8-15)16-9)10-4-5-12(18-2)13(7-10)19-3/h4-7H,1-3H3. The zero-order chi connectivity index (χ0) is 13.8. The Morgan fingerprint density at radius 3 is 2.42 bits per heavy atom. The van der Waals surface area contributed by atoms with Crippen LogP contribution in [0.5, 0.6) is 11.5 Å². The van der Waals surface area contributed by atoms with Gasteiger partial charge in [-0.25, -0.2) is 9.97 Å². The Morgan fingerprint density at radius 2 is 1.79 bits per heavy atom. The van der Waals surface area contributed by atoms with Gasteiger partial charge in [-0.1, -0.05) is 0 Å². The van der Waals surface area contributed by atoms with Crippen LogP contribution in [0.15, 0.2) is 24.3 Å². The first-order chi connectivity index (χ1) is 9.17. The normalized spacial score (nSPS) is 9.79. The van der Waals surface area contributed by atoms with Crippen molar-refractivity contribution in [3.63, 3.8) is 0 Å². The maximum absolute atomic E-state index is 8.90. The summed E-state index contributed by atoms with van der Waals surface area (Å²) in [5.74, 6) is 1.43. The van der Waals surface area contributed by atoms with E-state index in [9.17, 15) is 0 Å². The third-order valence-corrected chi connectivity index (χ3v) is 2.63. The highest BCUT2D eigenvalue weighted by Crippen LogP contribution is 2.31. The first-order valence-electron chi connectivity index (χ1n) is 5.66. The topological polar surface area (TPSA) is 68.0 Å². The second-order valence-corrected chi connectivity index (χ2v) is 3.90. The molecular weight excluding hydrogens is 242 g/mol. The summed E-state index contributed by atoms with van der Waals surface area (Å²) in [4.78, 5) is 8.21. The predicted molar refractivity (Wildman–Crippen MR) is 70.0 cm³/mol. The minimum atomic E-state index is 0.157. The molecule has 1 heterocycles. The molecule has 0 radical (unpaired) electrons. The minimum absolute atomic E-state index is 0.157. The molecule has 0 saturated heterocycles. The number of benzene rings is 1. The van der Waals surface area contributed by atoms with Crippen molar-refractivity contribution >= 4 is 0 Å². The van der Waals surface area contributed by atoms with Gasteiger partial charge in [0.05, 0.1) is 19.9 Å². The van der Waals surface area contributed by atoms with Crippen LogP contribution in [0.25, 0.3) is 11.3 Å². The maximum atomic E-state index is 8.90. The fourth-order valence-corrected chi connectivity index (χ4v) is 1.76. The van der Waals surface area contributed by atoms with Crippen molar-refractivity contribution in [1.29, 1.82) is 5.26 Å². The van der Waals surface area contributed by atoms with Crippen molar-refractivity contribution in [3.05, 3.63) is 35.8 Å². The van der Waals surface area contributed by atoms with Gasteiger partial charge in [0.2, 0.25) is 5.82 Å². The van der Waals surface area contributed by atoms with E-state index in [0.717, 1.165) is 11.3 Å². The summed E-state index contributed by atoms with van der Waals surface area (Å²) in [5, 5.41) is 8.90. The quantitative estimate of drug-likeness (QED) is 0.842. The maximum Gasteiger partial charge on any atom is 0.232 e. The molecular formula is C14H13N3O2. The molecule has 0 saturated carbocycles. The van der Waals surface area contributed by atoms with Gasteiger partial charge in [0.25, 0.3) is 0 Å². The van der Waals surface area contributed by atoms with Crippen molar-refractivity contribution < 1.29 is 9.47 Å². The number of hydrogen-bond acceptors (Lipinski definition) is 5. The molecule has 2 rings (SSSR count). The smallest absolute Gasteiger partial charge is 0.232 e. The summed E-state index contributed by atoms with van der Waals surface area (Å²) in [6.45, 7) is 1.83. The van der Waals surface area contributed by atoms with Gasteiger partial charge >= 0.3 is 0 Å². The lowest BCUT2D eigenvalue weighted by Gasteiger charge is -2.09. The van der Waals surface area contributed by atoms with Crippen molar-refractivity contribution in [2.24, 2.45) is 0 Å². The van der Waals surface area contributed by atoms with Gasteiger partial charge in [-0.2, -0.15) is 5.26 Å². The van der Waals surface area contributed by atoms with Gasteiger partial charge in [-0.3, -0.25) is 0 Å². The summed E-state index contributed by atoms with van der Waals surface area (Å²) >= 11 is 0. The zero-order valence-corrected chi connectivity index (χ0v) is 11.0. The van der Waals surface area contributed by atoms with Gasteiger partial charge < -0.3 is 9.47 Å². The molecule has 2 aromatic rings. The second-order valence-electron chi connectivity index (χ2n) is 3.90. The molecule has 0 aliphatic heterocycles. The highest BCUT2D eigenvalue weighted by atomic mass is 16.5. The van der Waals surface area contributed by atoms with Gasteiger partial charge in [-0.15, -0.1) is 0 Å². The van der Waals surface area contributed by atoms with Gasteiger partial charge in [0, 0.05) is 11.3 Å². The van der Waals surface area contributed by atoms with E-state index in [-0.39, 0.29) is 5.82 Å². The molecule has 96 valence electrons. The van der Waals surface area contributed by atoms with Crippen molar-refractivity contribution in [1.82, 2.24) is 9.97 Å². The number of nitriles is 1. The van der Waals surface area contributed by atoms with Crippen LogP contribution >= 0.6 is 0 Å². The van der Waals surface area contributed by atoms with Crippen LogP contribution in [0, 0.1) is 18.3 Å². The molecule has 0 aliphatic rings. The number of hydrogen-bond donors (Lipinski definition) is 0. The third-order valence-electron chi connectivity index (χ3n) is 2.63. The van der Waals surface area contributed by atoms with E-state index >= 15 is 0 Å². The van der Waals surface area contributed by atoms with Crippen LogP contribution in [0.3, 0.4) is 0 Å². The van der Waals surface area contributed by atoms with E-state index in [1.807, 2.05) is 31.2 Å². The highest BCUT2D eigenvalue weighted by molar-refractivity contribution is 5.64. The molecule has 0 amide bonds. The fraction of sp³-hybridized carbons (Fsp3) is 0.214. The molecule has 5 nitrogen and oxygen atoms in total. The molecule has 0 spiro atoms. The molecule has 0 N–H and O–H groups in total. The van der Waals surface area contributed by atoms with Crippen molar-refractivity contribution in [2.45, 2.75) is 6.92 Å². The molecule has 0 fully saturated rings. The van der Waals surface area contributed by atoms with E-state index in [1.165, 1.54) is 0 Å². The SMILES string of the molecule is COc1ccc(-c2cc(C)nc(C#N)n2)cc1OC. The van der Waals surface area contributed by atoms with E-state index in [0.29, 0.717) is 17.2 Å². The molecule has 1 aromatic heterocycles. The molecule has 19 heavy (non-hydrogen) atoms. The summed E-state index contributed by atoms with van der Waals surface area (Å²) in [6, 6.07) is 9.26. The summed E-state index contributed by atoms with van der Waals surface area (Å²) in [7, 11) is 3.16. The van der Waals surface area contributed by atoms with E-state index < -0.39 is 0 Å². The largest absolute Gasteiger partial charge is 0.493 e. The molecule has 0 atom stereocenters. The lowest BCUT2D eigenvalue weighted by atomic mass is 10.1. The average Bonchev–Trinajstić information content (AvgIpc) is 2.45. The van der Waals surface area contributed by atoms with Crippen molar-refractivity contribution in [3.8, 4) is 28.8 Å². The summed E-state index contributed by atoms with van der Waals surface area (Å²) < 4.78 is 10.4. The van der Waals surface area contributed by atoms with Crippen LogP contribution in [0.1, 0.15) is 11.5 Å². The molecule has 0 unspecified atom stereocenters. The number of nitrogens with zero attached hydrogens (tertiary/aromatic N) is 3. The molecule has 0 bridgehead atoms. The fourth-order valence-electron chi connectivity index (χ4n) is 1.76. The van der Waals surface area contributed by atoms with E-state index in [4.69, 9.17) is 14.7 Å². The van der Waals surface area contributed by atoms with Gasteiger partial charge in [-0.05, 0) is 31.2 Å². The number of rotatable bonds is 3. The minimum Gasteiger partial charge on any atom is -0.493 e. The third kappa shape index (κ3) is 2.63. The Hall–Kier alpha value is -2.61. The highest BCUT2D eigenvalue weighted by Gasteiger charge is 2.09. The lowest BCUT2D eigenvalue weighted by Crippen LogP contribution is -1.96. The summed E-state index contributed by atoms with van der Waals surface area (Å²) in [5.41, 5.74) is 2.28. The number of methoxy groups -OCH3 is 2. The van der Waals surface area contributed by atoms with Crippen LogP contribution in [0.4, 0.5) is 0 Å². The van der Waals surface area contributed by atoms with Crippen LogP contribution in [-0.4, -0.2) is 24.2 Å². The zero-order valence-electron chi connectivity index (χ0n) is 11.0. The lowest BCUT2D eigenvalue weighted by molar-refractivity contribution is 0.355. The number of aryl methyl sites for hydroxylation is 1. The number of aromatic nitrogens is 2.